The molecule has 1 aliphatic rings. The monoisotopic (exact) mass is 181 g/mol. The highest BCUT2D eigenvalue weighted by Crippen LogP contribution is 2.13. The number of carbonyl (C=O) groups excluding carboxylic acids is 1. The van der Waals surface area contributed by atoms with Crippen LogP contribution in [0.15, 0.2) is 0 Å². The van der Waals surface area contributed by atoms with Gasteiger partial charge in [-0.05, 0) is 19.8 Å². The molecule has 68 valence electrons. The Bertz CT molecular complexity index is 105. The first-order valence-electron chi connectivity index (χ1n) is 3.55. The molecule has 0 heterocycles. The number of nitrogens with two attached hydrogens (primary N) is 1. The van der Waals surface area contributed by atoms with Crippen LogP contribution in [-0.4, -0.2) is 18.6 Å². The molecule has 0 aromatic heterocycles. The average molecular weight is 182 g/mol. The number of ether oxygens (including phenoxy) is 1. The van der Waals surface area contributed by atoms with Gasteiger partial charge in [-0.3, -0.25) is 4.79 Å². The predicted molar refractivity (Wildman–Crippen MR) is 46.8 cm³/mol. The van der Waals surface area contributed by atoms with Crippen LogP contribution in [0.1, 0.15) is 26.7 Å². The summed E-state index contributed by atoms with van der Waals surface area (Å²) in [5.74, 6) is -0.211. The van der Waals surface area contributed by atoms with Gasteiger partial charge in [-0.2, -0.15) is 0 Å². The van der Waals surface area contributed by atoms with Crippen molar-refractivity contribution in [1.29, 1.82) is 0 Å². The van der Waals surface area contributed by atoms with Gasteiger partial charge in [-0.15, -0.1) is 12.4 Å². The topological polar surface area (TPSA) is 52.3 Å². The first-order valence-corrected chi connectivity index (χ1v) is 3.55. The van der Waals surface area contributed by atoms with Crippen LogP contribution in [0.4, 0.5) is 0 Å². The van der Waals surface area contributed by atoms with Crippen molar-refractivity contribution < 1.29 is 9.53 Å². The average Bonchev–Trinajstić information content (AvgIpc) is 2.52. The lowest BCUT2D eigenvalue weighted by atomic mass is 10.8. The number of rotatable bonds is 1. The maximum atomic E-state index is 9.82. The molecule has 1 fully saturated rings. The van der Waals surface area contributed by atoms with E-state index in [-0.39, 0.29) is 18.4 Å². The molecule has 1 rings (SSSR count). The Labute approximate surface area is 73.7 Å². The molecule has 0 aromatic carbocycles. The zero-order valence-electron chi connectivity index (χ0n) is 7.00. The third kappa shape index (κ3) is 17.7. The van der Waals surface area contributed by atoms with E-state index in [4.69, 9.17) is 5.73 Å². The third-order valence-electron chi connectivity index (χ3n) is 0.970. The number of carbonyl (C=O) groups is 1. The van der Waals surface area contributed by atoms with Crippen LogP contribution in [0.3, 0.4) is 0 Å². The zero-order valence-corrected chi connectivity index (χ0v) is 7.82. The summed E-state index contributed by atoms with van der Waals surface area (Å²) in [5.41, 5.74) is 5.22. The summed E-state index contributed by atoms with van der Waals surface area (Å²) in [4.78, 5) is 9.82. The van der Waals surface area contributed by atoms with Crippen LogP contribution in [0.25, 0.3) is 0 Å². The molecule has 0 atom stereocenters. The fourth-order valence-electron chi connectivity index (χ4n) is 0.299. The van der Waals surface area contributed by atoms with E-state index in [2.05, 4.69) is 4.74 Å². The van der Waals surface area contributed by atoms with E-state index in [1.165, 1.54) is 19.8 Å². The van der Waals surface area contributed by atoms with Crippen LogP contribution < -0.4 is 5.73 Å². The lowest BCUT2D eigenvalue weighted by Gasteiger charge is -1.89. The highest BCUT2D eigenvalue weighted by Gasteiger charge is 2.13. The van der Waals surface area contributed by atoms with E-state index in [0.717, 1.165) is 0 Å². The fraction of sp³-hybridized carbons (Fsp3) is 0.857. The van der Waals surface area contributed by atoms with Gasteiger partial charge in [0.1, 0.15) is 0 Å². The zero-order chi connectivity index (χ0) is 7.98. The largest absolute Gasteiger partial charge is 0.466 e. The van der Waals surface area contributed by atoms with Crippen LogP contribution in [0, 0.1) is 0 Å². The quantitative estimate of drug-likeness (QED) is 0.617. The minimum atomic E-state index is -0.211. The number of hydrogen-bond acceptors (Lipinski definition) is 3. The summed E-state index contributed by atoms with van der Waals surface area (Å²) < 4.78 is 4.40. The van der Waals surface area contributed by atoms with Crippen LogP contribution in [0.2, 0.25) is 0 Å². The van der Waals surface area contributed by atoms with E-state index >= 15 is 0 Å². The second-order valence-electron chi connectivity index (χ2n) is 2.26. The molecule has 11 heavy (non-hydrogen) atoms. The molecule has 1 aliphatic carbocycles. The molecule has 0 spiro atoms. The van der Waals surface area contributed by atoms with Gasteiger partial charge in [0, 0.05) is 13.0 Å². The second-order valence-corrected chi connectivity index (χ2v) is 2.26. The molecular weight excluding hydrogens is 166 g/mol. The van der Waals surface area contributed by atoms with Gasteiger partial charge in [0.2, 0.25) is 0 Å². The smallest absolute Gasteiger partial charge is 0.302 e. The fourth-order valence-corrected chi connectivity index (χ4v) is 0.299. The van der Waals surface area contributed by atoms with Crippen molar-refractivity contribution in [3.8, 4) is 0 Å². The standard InChI is InChI=1S/C4H8O2.C3H7N.ClH/c1-3-6-4(2)5;4-3-1-2-3;/h3H2,1-2H3;3H,1-2,4H2;1H. The van der Waals surface area contributed by atoms with Crippen molar-refractivity contribution in [2.45, 2.75) is 32.7 Å². The van der Waals surface area contributed by atoms with Gasteiger partial charge in [0.25, 0.3) is 0 Å². The van der Waals surface area contributed by atoms with Gasteiger partial charge < -0.3 is 10.5 Å². The lowest BCUT2D eigenvalue weighted by molar-refractivity contribution is -0.140. The summed E-state index contributed by atoms with van der Waals surface area (Å²) in [5, 5.41) is 0. The Morgan fingerprint density at radius 2 is 2.00 bits per heavy atom. The minimum absolute atomic E-state index is 0. The normalized spacial score (nSPS) is 13.7. The third-order valence-corrected chi connectivity index (χ3v) is 0.970. The van der Waals surface area contributed by atoms with Crippen LogP contribution in [0.5, 0.6) is 0 Å². The SMILES string of the molecule is CCOC(C)=O.Cl.NC1CC1. The van der Waals surface area contributed by atoms with Crippen molar-refractivity contribution in [2.75, 3.05) is 6.61 Å². The Morgan fingerprint density at radius 3 is 2.00 bits per heavy atom. The Hall–Kier alpha value is -0.280. The summed E-state index contributed by atoms with van der Waals surface area (Å²) in [6.45, 7) is 3.65. The second kappa shape index (κ2) is 7.82. The van der Waals surface area contributed by atoms with Crippen LogP contribution >= 0.6 is 12.4 Å². The Balaban J connectivity index is 0. The van der Waals surface area contributed by atoms with Crippen molar-refractivity contribution in [2.24, 2.45) is 5.73 Å². The molecule has 0 saturated heterocycles. The van der Waals surface area contributed by atoms with Crippen molar-refractivity contribution in [3.05, 3.63) is 0 Å². The van der Waals surface area contributed by atoms with Crippen molar-refractivity contribution >= 4 is 18.4 Å². The van der Waals surface area contributed by atoms with E-state index in [1.807, 2.05) is 0 Å². The van der Waals surface area contributed by atoms with Crippen LogP contribution in [-0.2, 0) is 9.53 Å². The van der Waals surface area contributed by atoms with Gasteiger partial charge >= 0.3 is 5.97 Å². The first-order chi connectivity index (χ1) is 4.66. The van der Waals surface area contributed by atoms with Crippen molar-refractivity contribution in [3.63, 3.8) is 0 Å². The highest BCUT2D eigenvalue weighted by atomic mass is 35.5. The van der Waals surface area contributed by atoms with E-state index in [1.54, 1.807) is 6.92 Å². The molecule has 2 N–H and O–H groups in total. The van der Waals surface area contributed by atoms with Gasteiger partial charge in [-0.1, -0.05) is 0 Å². The highest BCUT2D eigenvalue weighted by molar-refractivity contribution is 5.85. The molecule has 0 unspecified atom stereocenters. The minimum Gasteiger partial charge on any atom is -0.466 e. The number of halogens is 1. The predicted octanol–water partition coefficient (Wildman–Crippen LogP) is 1.10. The number of hydrogen-bond donors (Lipinski definition) is 1. The van der Waals surface area contributed by atoms with Gasteiger partial charge in [0.15, 0.2) is 0 Å². The first kappa shape index (κ1) is 13.3. The van der Waals surface area contributed by atoms with Gasteiger partial charge in [0.05, 0.1) is 6.61 Å². The molecular formula is C7H16ClNO2. The van der Waals surface area contributed by atoms with E-state index < -0.39 is 0 Å². The van der Waals surface area contributed by atoms with E-state index in [0.29, 0.717) is 12.6 Å². The molecule has 0 radical (unpaired) electrons. The molecule has 1 saturated carbocycles. The van der Waals surface area contributed by atoms with Gasteiger partial charge in [-0.25, -0.2) is 0 Å². The molecule has 0 amide bonds. The number of esters is 1. The summed E-state index contributed by atoms with van der Waals surface area (Å²) in [6.07, 6.45) is 2.53. The van der Waals surface area contributed by atoms with Crippen molar-refractivity contribution in [1.82, 2.24) is 0 Å². The van der Waals surface area contributed by atoms with E-state index in [9.17, 15) is 4.79 Å². The molecule has 3 nitrogen and oxygen atoms in total. The Morgan fingerprint density at radius 1 is 1.64 bits per heavy atom. The maximum Gasteiger partial charge on any atom is 0.302 e. The molecule has 0 aliphatic heterocycles. The molecule has 4 heteroatoms. The molecule has 0 bridgehead atoms. The summed E-state index contributed by atoms with van der Waals surface area (Å²) >= 11 is 0. The Kier molecular flexibility index (Phi) is 9.47. The maximum absolute atomic E-state index is 9.82. The lowest BCUT2D eigenvalue weighted by Crippen LogP contribution is -1.95. The molecule has 0 aromatic rings. The summed E-state index contributed by atoms with van der Waals surface area (Å²) in [6, 6.07) is 0.583. The summed E-state index contributed by atoms with van der Waals surface area (Å²) in [7, 11) is 0.